The Morgan fingerprint density at radius 2 is 2.06 bits per heavy atom. The Hall–Kier alpha value is -1.30. The molecule has 18 heavy (non-hydrogen) atoms. The molecule has 6 heteroatoms. The summed E-state index contributed by atoms with van der Waals surface area (Å²) in [7, 11) is 0. The third kappa shape index (κ3) is 3.35. The molecule has 0 fully saturated rings. The molecule has 0 aromatic carbocycles. The maximum Gasteiger partial charge on any atom is 0.265 e. The zero-order valence-corrected chi connectivity index (χ0v) is 12.3. The van der Waals surface area contributed by atoms with Gasteiger partial charge in [0.1, 0.15) is 10.7 Å². The number of nitrogens with two attached hydrogens (primary N) is 1. The van der Waals surface area contributed by atoms with E-state index in [0.29, 0.717) is 10.7 Å². The second kappa shape index (κ2) is 6.58. The number of amides is 1. The lowest BCUT2D eigenvalue weighted by Crippen LogP contribution is -2.31. The van der Waals surface area contributed by atoms with E-state index in [0.717, 1.165) is 24.6 Å². The number of carbonyl (C=O) groups excluding carboxylic acids is 1. The van der Waals surface area contributed by atoms with E-state index in [4.69, 9.17) is 5.73 Å². The fraction of sp³-hybridized carbons (Fsp3) is 0.667. The van der Waals surface area contributed by atoms with Gasteiger partial charge in [0.15, 0.2) is 5.13 Å². The molecule has 1 aromatic rings. The van der Waals surface area contributed by atoms with Crippen molar-refractivity contribution >= 4 is 28.2 Å². The van der Waals surface area contributed by atoms with Crippen molar-refractivity contribution in [3.63, 3.8) is 0 Å². The first kappa shape index (κ1) is 14.8. The summed E-state index contributed by atoms with van der Waals surface area (Å²) in [5.41, 5.74) is 5.82. The number of rotatable bonds is 6. The Kier molecular flexibility index (Phi) is 5.40. The zero-order valence-electron chi connectivity index (χ0n) is 11.5. The first-order chi connectivity index (χ1) is 8.53. The molecule has 0 aliphatic carbocycles. The SMILES string of the molecule is CCC(C)NC(=O)c1sc(N(CC)CC)nc1N. The largest absolute Gasteiger partial charge is 0.382 e. The van der Waals surface area contributed by atoms with Crippen LogP contribution in [0.15, 0.2) is 0 Å². The first-order valence-electron chi connectivity index (χ1n) is 6.35. The minimum atomic E-state index is -0.127. The number of hydrogen-bond acceptors (Lipinski definition) is 5. The van der Waals surface area contributed by atoms with Crippen LogP contribution in [0.25, 0.3) is 0 Å². The summed E-state index contributed by atoms with van der Waals surface area (Å²) >= 11 is 1.36. The summed E-state index contributed by atoms with van der Waals surface area (Å²) in [4.78, 5) is 18.9. The fourth-order valence-corrected chi connectivity index (χ4v) is 2.52. The first-order valence-corrected chi connectivity index (χ1v) is 7.17. The van der Waals surface area contributed by atoms with E-state index in [2.05, 4.69) is 29.0 Å². The van der Waals surface area contributed by atoms with Crippen LogP contribution in [0.1, 0.15) is 43.8 Å². The van der Waals surface area contributed by atoms with Crippen LogP contribution in [0.2, 0.25) is 0 Å². The quantitative estimate of drug-likeness (QED) is 0.830. The molecule has 0 saturated heterocycles. The summed E-state index contributed by atoms with van der Waals surface area (Å²) in [6.45, 7) is 9.83. The topological polar surface area (TPSA) is 71.2 Å². The highest BCUT2D eigenvalue weighted by atomic mass is 32.1. The molecule has 0 bridgehead atoms. The van der Waals surface area contributed by atoms with Gasteiger partial charge in [-0.25, -0.2) is 4.98 Å². The summed E-state index contributed by atoms with van der Waals surface area (Å²) in [5, 5.41) is 3.72. The second-order valence-electron chi connectivity index (χ2n) is 4.17. The van der Waals surface area contributed by atoms with Crippen molar-refractivity contribution in [1.29, 1.82) is 0 Å². The zero-order chi connectivity index (χ0) is 13.7. The van der Waals surface area contributed by atoms with Crippen molar-refractivity contribution < 1.29 is 4.79 Å². The Bertz CT molecular complexity index is 401. The van der Waals surface area contributed by atoms with Crippen LogP contribution in [-0.2, 0) is 0 Å². The lowest BCUT2D eigenvalue weighted by molar-refractivity contribution is 0.0944. The van der Waals surface area contributed by atoms with Gasteiger partial charge in [0, 0.05) is 19.1 Å². The third-order valence-electron chi connectivity index (χ3n) is 2.87. The van der Waals surface area contributed by atoms with Crippen molar-refractivity contribution in [3.8, 4) is 0 Å². The molecular formula is C12H22N4OS. The van der Waals surface area contributed by atoms with Crippen LogP contribution in [0.3, 0.4) is 0 Å². The highest BCUT2D eigenvalue weighted by Crippen LogP contribution is 2.27. The van der Waals surface area contributed by atoms with Gasteiger partial charge in [0.2, 0.25) is 0 Å². The predicted octanol–water partition coefficient (Wildman–Crippen LogP) is 2.10. The smallest absolute Gasteiger partial charge is 0.265 e. The highest BCUT2D eigenvalue weighted by Gasteiger charge is 2.19. The highest BCUT2D eigenvalue weighted by molar-refractivity contribution is 7.18. The van der Waals surface area contributed by atoms with E-state index < -0.39 is 0 Å². The van der Waals surface area contributed by atoms with Crippen LogP contribution in [0.5, 0.6) is 0 Å². The van der Waals surface area contributed by atoms with Gasteiger partial charge in [-0.15, -0.1) is 0 Å². The number of anilines is 2. The summed E-state index contributed by atoms with van der Waals surface area (Å²) in [6, 6.07) is 0.149. The van der Waals surface area contributed by atoms with Gasteiger partial charge < -0.3 is 16.0 Å². The van der Waals surface area contributed by atoms with Gasteiger partial charge in [-0.3, -0.25) is 4.79 Å². The molecule has 0 saturated carbocycles. The van der Waals surface area contributed by atoms with Crippen molar-refractivity contribution in [2.24, 2.45) is 0 Å². The molecule has 0 aliphatic rings. The van der Waals surface area contributed by atoms with Crippen molar-refractivity contribution in [3.05, 3.63) is 4.88 Å². The number of carbonyl (C=O) groups is 1. The van der Waals surface area contributed by atoms with Crippen LogP contribution in [0, 0.1) is 0 Å². The minimum Gasteiger partial charge on any atom is -0.382 e. The lowest BCUT2D eigenvalue weighted by atomic mass is 10.2. The molecule has 3 N–H and O–H groups in total. The molecule has 1 aromatic heterocycles. The monoisotopic (exact) mass is 270 g/mol. The number of aromatic nitrogens is 1. The Morgan fingerprint density at radius 3 is 2.56 bits per heavy atom. The number of thiazole rings is 1. The fourth-order valence-electron chi connectivity index (χ4n) is 1.50. The van der Waals surface area contributed by atoms with Crippen molar-refractivity contribution in [1.82, 2.24) is 10.3 Å². The molecule has 5 nitrogen and oxygen atoms in total. The molecule has 0 spiro atoms. The Balaban J connectivity index is 2.87. The molecule has 102 valence electrons. The van der Waals surface area contributed by atoms with Crippen LogP contribution >= 0.6 is 11.3 Å². The Morgan fingerprint density at radius 1 is 1.44 bits per heavy atom. The van der Waals surface area contributed by atoms with Crippen LogP contribution in [0.4, 0.5) is 10.9 Å². The minimum absolute atomic E-state index is 0.127. The molecule has 0 radical (unpaired) electrons. The summed E-state index contributed by atoms with van der Waals surface area (Å²) in [5.74, 6) is 0.195. The maximum absolute atomic E-state index is 12.0. The van der Waals surface area contributed by atoms with Crippen molar-refractivity contribution in [2.75, 3.05) is 23.7 Å². The van der Waals surface area contributed by atoms with Gasteiger partial charge in [-0.05, 0) is 27.2 Å². The second-order valence-corrected chi connectivity index (χ2v) is 5.14. The molecule has 1 atom stereocenters. The van der Waals surface area contributed by atoms with E-state index in [1.54, 1.807) is 0 Å². The van der Waals surface area contributed by atoms with Crippen LogP contribution in [-0.4, -0.2) is 30.0 Å². The van der Waals surface area contributed by atoms with E-state index in [1.807, 2.05) is 13.8 Å². The van der Waals surface area contributed by atoms with E-state index in [9.17, 15) is 4.79 Å². The molecule has 1 unspecified atom stereocenters. The molecule has 1 heterocycles. The maximum atomic E-state index is 12.0. The Labute approximate surface area is 112 Å². The molecular weight excluding hydrogens is 248 g/mol. The lowest BCUT2D eigenvalue weighted by Gasteiger charge is -2.16. The van der Waals surface area contributed by atoms with Gasteiger partial charge in [-0.2, -0.15) is 0 Å². The third-order valence-corrected chi connectivity index (χ3v) is 4.00. The van der Waals surface area contributed by atoms with E-state index in [1.165, 1.54) is 11.3 Å². The van der Waals surface area contributed by atoms with Gasteiger partial charge in [0.25, 0.3) is 5.91 Å². The van der Waals surface area contributed by atoms with Crippen molar-refractivity contribution in [2.45, 2.75) is 40.2 Å². The average Bonchev–Trinajstić information content (AvgIpc) is 2.72. The summed E-state index contributed by atoms with van der Waals surface area (Å²) in [6.07, 6.45) is 0.896. The molecule has 1 rings (SSSR count). The normalized spacial score (nSPS) is 12.2. The molecule has 1 amide bonds. The van der Waals surface area contributed by atoms with Gasteiger partial charge in [0.05, 0.1) is 0 Å². The number of nitrogens with one attached hydrogen (secondary N) is 1. The average molecular weight is 270 g/mol. The standard InChI is InChI=1S/C12H22N4OS/c1-5-8(4)14-11(17)9-10(13)15-12(18-9)16(6-2)7-3/h8H,5-7,13H2,1-4H3,(H,14,17). The van der Waals surface area contributed by atoms with Gasteiger partial charge in [-0.1, -0.05) is 18.3 Å². The predicted molar refractivity (Wildman–Crippen MR) is 77.3 cm³/mol. The molecule has 0 aliphatic heterocycles. The number of nitrogen functional groups attached to an aromatic ring is 1. The van der Waals surface area contributed by atoms with Gasteiger partial charge >= 0.3 is 0 Å². The van der Waals surface area contributed by atoms with Crippen LogP contribution < -0.4 is 16.0 Å². The summed E-state index contributed by atoms with van der Waals surface area (Å²) < 4.78 is 0. The van der Waals surface area contributed by atoms with E-state index >= 15 is 0 Å². The number of nitrogens with zero attached hydrogens (tertiary/aromatic N) is 2. The number of hydrogen-bond donors (Lipinski definition) is 2. The van der Waals surface area contributed by atoms with E-state index in [-0.39, 0.29) is 11.9 Å².